The summed E-state index contributed by atoms with van der Waals surface area (Å²) in [7, 11) is 0. The van der Waals surface area contributed by atoms with Gasteiger partial charge in [0.15, 0.2) is 0 Å². The quantitative estimate of drug-likeness (QED) is 0.182. The number of hydrogen-bond donors (Lipinski definition) is 1. The zero-order valence-electron chi connectivity index (χ0n) is 24.3. The predicted molar refractivity (Wildman–Crippen MR) is 154 cm³/mol. The summed E-state index contributed by atoms with van der Waals surface area (Å²) < 4.78 is 6.40. The molecule has 0 radical (unpaired) electrons. The molecule has 0 bridgehead atoms. The number of benzene rings is 2. The number of fused-ring (bicyclic) bond motifs is 1. The van der Waals surface area contributed by atoms with Crippen molar-refractivity contribution in [2.45, 2.75) is 99.1 Å². The lowest BCUT2D eigenvalue weighted by Gasteiger charge is -2.32. The first-order valence-electron chi connectivity index (χ1n) is 12.9. The van der Waals surface area contributed by atoms with Crippen molar-refractivity contribution >= 4 is 24.1 Å². The van der Waals surface area contributed by atoms with Gasteiger partial charge in [0.1, 0.15) is 4.90 Å². The fraction of sp³-hybridized carbons (Fsp3) is 0.552. The van der Waals surface area contributed by atoms with Crippen molar-refractivity contribution in [3.63, 3.8) is 0 Å². The average Bonchev–Trinajstić information content (AvgIpc) is 2.84. The molecule has 2 aromatic carbocycles. The van der Waals surface area contributed by atoms with E-state index in [1.54, 1.807) is 39.8 Å². The van der Waals surface area contributed by atoms with E-state index < -0.39 is 5.60 Å². The smallest absolute Gasteiger partial charge is 0.293 e. The first-order chi connectivity index (χ1) is 17.3. The minimum absolute atomic E-state index is 0.184. The van der Waals surface area contributed by atoms with Crippen molar-refractivity contribution < 1.29 is 19.6 Å². The lowest BCUT2D eigenvalue weighted by Crippen LogP contribution is -2.27. The number of carbonyl (C=O) groups is 1. The highest BCUT2D eigenvalue weighted by molar-refractivity contribution is 7.97. The van der Waals surface area contributed by atoms with E-state index in [1.165, 1.54) is 45.3 Å². The van der Waals surface area contributed by atoms with Crippen LogP contribution in [0.5, 0.6) is 0 Å². The highest BCUT2D eigenvalue weighted by Crippen LogP contribution is 2.37. The Morgan fingerprint density at radius 3 is 2.11 bits per heavy atom. The molecule has 0 fully saturated rings. The van der Waals surface area contributed by atoms with Crippen LogP contribution in [0, 0.1) is 30.9 Å². The lowest BCUT2D eigenvalue weighted by atomic mass is 9.84. The number of hydrogen-bond acceptors (Lipinski definition) is 7. The first kappa shape index (κ1) is 34.6. The van der Waals surface area contributed by atoms with E-state index in [-0.39, 0.29) is 10.6 Å². The van der Waals surface area contributed by atoms with E-state index in [0.717, 1.165) is 25.9 Å². The van der Waals surface area contributed by atoms with Crippen molar-refractivity contribution in [3.8, 4) is 0 Å². The number of aliphatic hydroxyl groups is 1. The van der Waals surface area contributed by atoms with Gasteiger partial charge in [-0.3, -0.25) is 14.9 Å². The summed E-state index contributed by atoms with van der Waals surface area (Å²) in [5.74, 6) is 0. The van der Waals surface area contributed by atoms with Crippen LogP contribution >= 0.6 is 11.9 Å². The molecule has 2 aromatic rings. The van der Waals surface area contributed by atoms with Crippen LogP contribution in [0.2, 0.25) is 0 Å². The summed E-state index contributed by atoms with van der Waals surface area (Å²) in [4.78, 5) is 20.8. The molecule has 1 aliphatic heterocycles. The van der Waals surface area contributed by atoms with Crippen molar-refractivity contribution in [2.24, 2.45) is 0 Å². The molecular formula is C29H46N2O5S. The Morgan fingerprint density at radius 1 is 1.08 bits per heavy atom. The van der Waals surface area contributed by atoms with Gasteiger partial charge in [0.05, 0.1) is 17.1 Å². The molecule has 0 amide bonds. The third kappa shape index (κ3) is 11.7. The topological polar surface area (TPSA) is 92.9 Å². The summed E-state index contributed by atoms with van der Waals surface area (Å²) in [6.45, 7) is 22.5. The second-order valence-corrected chi connectivity index (χ2v) is 10.5. The van der Waals surface area contributed by atoms with Crippen LogP contribution in [-0.4, -0.2) is 39.6 Å². The number of nitro benzene ring substituents is 1. The van der Waals surface area contributed by atoms with Gasteiger partial charge in [-0.2, -0.15) is 0 Å². The molecule has 1 heterocycles. The maximum absolute atomic E-state index is 11.2. The number of nitrogens with zero attached hydrogens (tertiary/aromatic N) is 2. The Kier molecular flexibility index (Phi) is 16.0. The molecule has 0 spiro atoms. The van der Waals surface area contributed by atoms with Crippen LogP contribution in [0.4, 0.5) is 5.69 Å². The fourth-order valence-electron chi connectivity index (χ4n) is 3.91. The average molecular weight is 535 g/mol. The van der Waals surface area contributed by atoms with Crippen molar-refractivity contribution in [1.82, 2.24) is 4.31 Å². The first-order valence-corrected chi connectivity index (χ1v) is 13.7. The summed E-state index contributed by atoms with van der Waals surface area (Å²) >= 11 is 1.51. The van der Waals surface area contributed by atoms with Gasteiger partial charge < -0.3 is 9.84 Å². The van der Waals surface area contributed by atoms with Gasteiger partial charge in [-0.05, 0) is 113 Å². The van der Waals surface area contributed by atoms with Crippen LogP contribution in [0.25, 0.3) is 0 Å². The van der Waals surface area contributed by atoms with Gasteiger partial charge in [0.25, 0.3) is 12.2 Å². The van der Waals surface area contributed by atoms with E-state index in [4.69, 9.17) is 5.11 Å². The zero-order valence-corrected chi connectivity index (χ0v) is 25.1. The van der Waals surface area contributed by atoms with E-state index in [0.29, 0.717) is 18.0 Å². The van der Waals surface area contributed by atoms with Gasteiger partial charge in [0.2, 0.25) is 0 Å². The Labute approximate surface area is 227 Å². The van der Waals surface area contributed by atoms with Crippen LogP contribution in [0.15, 0.2) is 29.2 Å². The van der Waals surface area contributed by atoms with Gasteiger partial charge in [-0.15, -0.1) is 0 Å². The van der Waals surface area contributed by atoms with Gasteiger partial charge in [0, 0.05) is 19.2 Å². The molecule has 0 unspecified atom stereocenters. The van der Waals surface area contributed by atoms with Crippen LogP contribution in [0.1, 0.15) is 81.8 Å². The maximum atomic E-state index is 11.2. The monoisotopic (exact) mass is 534 g/mol. The number of carbonyl (C=O) groups excluding carboxylic acids is 1. The molecule has 0 atom stereocenters. The normalized spacial score (nSPS) is 12.4. The molecule has 3 rings (SSSR count). The molecule has 37 heavy (non-hydrogen) atoms. The largest absolute Gasteiger partial charge is 0.468 e. The Hall–Kier alpha value is -2.42. The highest BCUT2D eigenvalue weighted by Gasteiger charge is 2.25. The molecule has 8 heteroatoms. The molecule has 0 saturated heterocycles. The third-order valence-electron chi connectivity index (χ3n) is 5.56. The van der Waals surface area contributed by atoms with E-state index in [2.05, 4.69) is 36.7 Å². The highest BCUT2D eigenvalue weighted by atomic mass is 32.2. The summed E-state index contributed by atoms with van der Waals surface area (Å²) in [6.07, 6.45) is 2.07. The minimum atomic E-state index is -0.500. The Morgan fingerprint density at radius 2 is 1.65 bits per heavy atom. The Bertz CT molecular complexity index is 997. The van der Waals surface area contributed by atoms with Crippen LogP contribution in [-0.2, 0) is 28.9 Å². The maximum Gasteiger partial charge on any atom is 0.293 e. The molecular weight excluding hydrogens is 488 g/mol. The second kappa shape index (κ2) is 17.2. The van der Waals surface area contributed by atoms with Crippen molar-refractivity contribution in [2.75, 3.05) is 13.2 Å². The molecule has 208 valence electrons. The van der Waals surface area contributed by atoms with Crippen LogP contribution in [0.3, 0.4) is 0 Å². The van der Waals surface area contributed by atoms with Crippen LogP contribution < -0.4 is 0 Å². The van der Waals surface area contributed by atoms with Gasteiger partial charge in [-0.1, -0.05) is 32.9 Å². The van der Waals surface area contributed by atoms with Crippen molar-refractivity contribution in [1.29, 1.82) is 0 Å². The van der Waals surface area contributed by atoms with Crippen molar-refractivity contribution in [3.05, 3.63) is 67.8 Å². The summed E-state index contributed by atoms with van der Waals surface area (Å²) in [5.41, 5.74) is 8.28. The van der Waals surface area contributed by atoms with E-state index >= 15 is 0 Å². The number of para-hydroxylation sites is 1. The SMILES string of the molecule is CC.CC(C)(C)O.CCOC=O.CCc1c(C)c(C)c2c(c1C)CCN(Sc1ccccc1[N+](=O)[O-])C2. The Balaban J connectivity index is 0.000000910. The van der Waals surface area contributed by atoms with Gasteiger partial charge in [-0.25, -0.2) is 4.31 Å². The number of ether oxygens (including phenoxy) is 1. The standard InChI is InChI=1S/C20H24N2O2S.C4H10O.C3H6O2.C2H6/c1-5-16-13(2)14(3)18-12-21(11-10-17(18)15(16)4)25-20-9-7-6-8-19(20)22(23)24;1-4(2,3)5;1-2-5-3-4;1-2/h6-9H,5,10-12H2,1-4H3;5H,1-3H3;3H,2H2,1H3;1-2H3. The summed E-state index contributed by atoms with van der Waals surface area (Å²) in [6, 6.07) is 6.99. The molecule has 1 N–H and O–H groups in total. The third-order valence-corrected chi connectivity index (χ3v) is 6.67. The van der Waals surface area contributed by atoms with E-state index in [9.17, 15) is 14.9 Å². The zero-order chi connectivity index (χ0) is 28.8. The van der Waals surface area contributed by atoms with Gasteiger partial charge >= 0.3 is 0 Å². The number of nitro groups is 1. The predicted octanol–water partition coefficient (Wildman–Crippen LogP) is 7.13. The molecule has 0 aliphatic carbocycles. The van der Waals surface area contributed by atoms with E-state index in [1.807, 2.05) is 26.0 Å². The fourth-order valence-corrected chi connectivity index (χ4v) is 4.94. The minimum Gasteiger partial charge on any atom is -0.468 e. The lowest BCUT2D eigenvalue weighted by molar-refractivity contribution is -0.387. The molecule has 1 aliphatic rings. The summed E-state index contributed by atoms with van der Waals surface area (Å²) in [5, 5.41) is 19.8. The molecule has 0 aromatic heterocycles. The molecule has 0 saturated carbocycles. The second-order valence-electron chi connectivity index (χ2n) is 9.32. The molecule has 7 nitrogen and oxygen atoms in total. The number of rotatable bonds is 6.